The van der Waals surface area contributed by atoms with Crippen LogP contribution in [0.5, 0.6) is 0 Å². The number of phosphoric acid groups is 1. The molecule has 87 heavy (non-hydrogen) atoms. The number of allylic oxidation sites excluding steroid dienone is 13. The maximum Gasteiger partial charge on any atom is 0.306 e. The lowest BCUT2D eigenvalue weighted by Crippen LogP contribution is -2.47. The van der Waals surface area contributed by atoms with Gasteiger partial charge in [-0.2, -0.15) is 0 Å². The van der Waals surface area contributed by atoms with Crippen LogP contribution < -0.4 is 10.2 Å². The molecular formula is C77H141N2O7P. The Morgan fingerprint density at radius 1 is 0.402 bits per heavy atom. The molecule has 0 aliphatic heterocycles. The second-order valence-electron chi connectivity index (χ2n) is 26.1. The van der Waals surface area contributed by atoms with E-state index in [0.717, 1.165) is 83.5 Å². The normalized spacial score (nSPS) is 14.0. The van der Waals surface area contributed by atoms with Crippen molar-refractivity contribution in [2.24, 2.45) is 0 Å². The molecule has 0 spiro atoms. The Hall–Kier alpha value is -2.81. The van der Waals surface area contributed by atoms with E-state index in [0.29, 0.717) is 17.4 Å². The Kier molecular flexibility index (Phi) is 64.0. The Bertz CT molecular complexity index is 1760. The zero-order valence-electron chi connectivity index (χ0n) is 58.0. The number of unbranched alkanes of at least 4 members (excludes halogenated alkanes) is 39. The first-order valence-electron chi connectivity index (χ1n) is 36.9. The number of phosphoric ester groups is 1. The van der Waals surface area contributed by atoms with E-state index in [9.17, 15) is 19.0 Å². The molecule has 0 bridgehead atoms. The molecular weight excluding hydrogens is 1100 g/mol. The molecule has 0 aliphatic rings. The van der Waals surface area contributed by atoms with Crippen molar-refractivity contribution in [3.8, 4) is 0 Å². The first-order chi connectivity index (χ1) is 42.4. The van der Waals surface area contributed by atoms with Crippen molar-refractivity contribution in [3.05, 3.63) is 85.1 Å². The minimum Gasteiger partial charge on any atom is -0.756 e. The van der Waals surface area contributed by atoms with E-state index in [4.69, 9.17) is 13.8 Å². The number of hydrogen-bond donors (Lipinski definition) is 1. The number of esters is 1. The molecule has 0 saturated carbocycles. The fraction of sp³-hybridized carbons (Fsp3) is 0.792. The SMILES string of the molecule is CCCCC/C=C\C/C=C\C/C=C\C/C=C\CCCCCCCCCCCCCC(=O)OC(/C=C/CCCCCCCCCCC)C(COP(=O)([O-])OCC[N+](C)(C)C)NC(=O)CCCCCCCCCCCCCCC/C=C\C/C=C\CCCCC. The van der Waals surface area contributed by atoms with E-state index in [1.165, 1.54) is 225 Å². The molecule has 0 aromatic rings. The van der Waals surface area contributed by atoms with Crippen LogP contribution in [-0.2, 0) is 27.9 Å². The lowest BCUT2D eigenvalue weighted by atomic mass is 10.0. The van der Waals surface area contributed by atoms with Gasteiger partial charge in [-0.3, -0.25) is 14.2 Å². The molecule has 1 N–H and O–H groups in total. The van der Waals surface area contributed by atoms with E-state index in [2.05, 4.69) is 99.0 Å². The van der Waals surface area contributed by atoms with Crippen LogP contribution in [0.3, 0.4) is 0 Å². The predicted octanol–water partition coefficient (Wildman–Crippen LogP) is 23.0. The number of carbonyl (C=O) groups is 2. The standard InChI is InChI=1S/C77H141N2O7P/c1-7-10-13-16-19-22-25-27-29-31-33-35-37-38-39-40-42-44-46-48-50-52-55-58-61-64-67-70-77(81)86-75(68-65-62-59-56-53-24-21-18-15-12-9-3)74(73-85-87(82,83)84-72-71-79(4,5)6)78-76(80)69-66-63-60-57-54-51-49-47-45-43-41-36-34-32-30-28-26-23-20-17-14-11-8-2/h19-20,22-23,27-30,33,35,38-39,65,68,74-75H,7-18,21,24-26,31-32,34,36-37,40-64,66-67,69-73H2,1-6H3,(H-,78,80,82,83)/b22-19-,23-20-,29-27-,30-28-,35-33-,39-38-,68-65+. The van der Waals surface area contributed by atoms with Crippen LogP contribution in [-0.4, -0.2) is 69.4 Å². The van der Waals surface area contributed by atoms with Crippen molar-refractivity contribution in [3.63, 3.8) is 0 Å². The van der Waals surface area contributed by atoms with Crippen LogP contribution in [0.1, 0.15) is 342 Å². The van der Waals surface area contributed by atoms with Gasteiger partial charge in [0.2, 0.25) is 5.91 Å². The molecule has 3 unspecified atom stereocenters. The molecule has 0 rings (SSSR count). The second kappa shape index (κ2) is 66.1. The number of quaternary nitrogens is 1. The molecule has 506 valence electrons. The monoisotopic (exact) mass is 1240 g/mol. The highest BCUT2D eigenvalue weighted by Crippen LogP contribution is 2.38. The topological polar surface area (TPSA) is 114 Å². The van der Waals surface area contributed by atoms with E-state index in [1.807, 2.05) is 33.3 Å². The summed E-state index contributed by atoms with van der Waals surface area (Å²) in [5.74, 6) is -0.537. The first kappa shape index (κ1) is 84.2. The number of likely N-dealkylation sites (N-methyl/N-ethyl adjacent to an activating group) is 1. The van der Waals surface area contributed by atoms with Crippen molar-refractivity contribution in [2.75, 3.05) is 40.9 Å². The summed E-state index contributed by atoms with van der Waals surface area (Å²) in [6.45, 7) is 6.82. The summed E-state index contributed by atoms with van der Waals surface area (Å²) in [6, 6.07) is -0.894. The van der Waals surface area contributed by atoms with Gasteiger partial charge in [0.05, 0.1) is 33.8 Å². The lowest BCUT2D eigenvalue weighted by Gasteiger charge is -2.30. The van der Waals surface area contributed by atoms with Gasteiger partial charge in [0.25, 0.3) is 7.82 Å². The fourth-order valence-electron chi connectivity index (χ4n) is 10.6. The minimum atomic E-state index is -4.71. The number of nitrogens with one attached hydrogen (secondary N) is 1. The summed E-state index contributed by atoms with van der Waals surface area (Å²) >= 11 is 0. The number of nitrogens with zero attached hydrogens (tertiary/aromatic N) is 1. The van der Waals surface area contributed by atoms with Crippen LogP contribution in [0.25, 0.3) is 0 Å². The van der Waals surface area contributed by atoms with Crippen LogP contribution >= 0.6 is 7.82 Å². The van der Waals surface area contributed by atoms with Gasteiger partial charge in [-0.15, -0.1) is 0 Å². The van der Waals surface area contributed by atoms with Gasteiger partial charge in [0.1, 0.15) is 19.3 Å². The minimum absolute atomic E-state index is 0.0246. The molecule has 10 heteroatoms. The third kappa shape index (κ3) is 67.4. The molecule has 0 aromatic heterocycles. The second-order valence-corrected chi connectivity index (χ2v) is 27.5. The first-order valence-corrected chi connectivity index (χ1v) is 38.4. The van der Waals surface area contributed by atoms with Crippen LogP contribution in [0.2, 0.25) is 0 Å². The summed E-state index contributed by atoms with van der Waals surface area (Å²) in [7, 11) is 1.19. The lowest BCUT2D eigenvalue weighted by molar-refractivity contribution is -0.870. The molecule has 0 radical (unpaired) electrons. The number of amides is 1. The summed E-state index contributed by atoms with van der Waals surface area (Å²) in [6.07, 6.45) is 88.5. The maximum absolute atomic E-state index is 13.6. The van der Waals surface area contributed by atoms with Crippen molar-refractivity contribution in [2.45, 2.75) is 354 Å². The highest BCUT2D eigenvalue weighted by Gasteiger charge is 2.27. The van der Waals surface area contributed by atoms with Gasteiger partial charge in [-0.05, 0) is 109 Å². The number of rotatable bonds is 67. The van der Waals surface area contributed by atoms with Crippen molar-refractivity contribution in [1.82, 2.24) is 5.32 Å². The van der Waals surface area contributed by atoms with Crippen molar-refractivity contribution in [1.29, 1.82) is 0 Å². The average molecular weight is 1240 g/mol. The van der Waals surface area contributed by atoms with Gasteiger partial charge in [-0.1, -0.05) is 305 Å². The third-order valence-corrected chi connectivity index (χ3v) is 17.3. The largest absolute Gasteiger partial charge is 0.756 e. The van der Waals surface area contributed by atoms with Crippen LogP contribution in [0.15, 0.2) is 85.1 Å². The van der Waals surface area contributed by atoms with Gasteiger partial charge in [0.15, 0.2) is 0 Å². The molecule has 0 aliphatic carbocycles. The zero-order chi connectivity index (χ0) is 63.5. The van der Waals surface area contributed by atoms with Crippen molar-refractivity contribution >= 4 is 19.7 Å². The average Bonchev–Trinajstić information content (AvgIpc) is 3.70. The Morgan fingerprint density at radius 2 is 0.701 bits per heavy atom. The van der Waals surface area contributed by atoms with Gasteiger partial charge in [0, 0.05) is 12.8 Å². The van der Waals surface area contributed by atoms with Crippen molar-refractivity contribution < 1.29 is 37.3 Å². The zero-order valence-corrected chi connectivity index (χ0v) is 58.9. The number of hydrogen-bond acceptors (Lipinski definition) is 7. The molecule has 0 heterocycles. The summed E-state index contributed by atoms with van der Waals surface area (Å²) < 4.78 is 30.5. The Labute approximate surface area is 539 Å². The molecule has 0 saturated heterocycles. The molecule has 0 aromatic carbocycles. The Balaban J connectivity index is 4.98. The predicted molar refractivity (Wildman–Crippen MR) is 376 cm³/mol. The highest BCUT2D eigenvalue weighted by atomic mass is 31.2. The molecule has 9 nitrogen and oxygen atoms in total. The fourth-order valence-corrected chi connectivity index (χ4v) is 11.3. The summed E-state index contributed by atoms with van der Waals surface area (Å²) in [5.41, 5.74) is 0. The summed E-state index contributed by atoms with van der Waals surface area (Å²) in [5, 5.41) is 3.04. The summed E-state index contributed by atoms with van der Waals surface area (Å²) in [4.78, 5) is 40.2. The van der Waals surface area contributed by atoms with E-state index < -0.39 is 26.6 Å². The van der Waals surface area contributed by atoms with E-state index in [-0.39, 0.29) is 24.9 Å². The molecule has 3 atom stereocenters. The quantitative estimate of drug-likeness (QED) is 0.0212. The van der Waals surface area contributed by atoms with E-state index in [1.54, 1.807) is 0 Å². The number of ether oxygens (including phenoxy) is 1. The molecule has 0 fully saturated rings. The third-order valence-electron chi connectivity index (χ3n) is 16.3. The van der Waals surface area contributed by atoms with Gasteiger partial charge < -0.3 is 28.5 Å². The smallest absolute Gasteiger partial charge is 0.306 e. The Morgan fingerprint density at radius 3 is 1.07 bits per heavy atom. The van der Waals surface area contributed by atoms with Gasteiger partial charge >= 0.3 is 5.97 Å². The van der Waals surface area contributed by atoms with Gasteiger partial charge in [-0.25, -0.2) is 0 Å². The number of carbonyl (C=O) groups excluding carboxylic acids is 2. The van der Waals surface area contributed by atoms with E-state index >= 15 is 0 Å². The van der Waals surface area contributed by atoms with Crippen LogP contribution in [0.4, 0.5) is 0 Å². The van der Waals surface area contributed by atoms with Crippen LogP contribution in [0, 0.1) is 0 Å². The molecule has 1 amide bonds. The maximum atomic E-state index is 13.6. The highest BCUT2D eigenvalue weighted by molar-refractivity contribution is 7.45.